The van der Waals surface area contributed by atoms with E-state index < -0.39 is 36.7 Å². The zero-order chi connectivity index (χ0) is 21.5. The monoisotopic (exact) mass is 421 g/mol. The van der Waals surface area contributed by atoms with Crippen molar-refractivity contribution in [1.82, 2.24) is 9.55 Å². The Morgan fingerprint density at radius 1 is 1.40 bits per heavy atom. The summed E-state index contributed by atoms with van der Waals surface area (Å²) in [6, 6.07) is 6.98. The normalized spacial score (nSPS) is 24.7. The van der Waals surface area contributed by atoms with Crippen LogP contribution in [-0.4, -0.2) is 51.1 Å². The molecule has 1 saturated heterocycles. The van der Waals surface area contributed by atoms with Gasteiger partial charge in [0.1, 0.15) is 17.7 Å². The Kier molecular flexibility index (Phi) is 5.31. The summed E-state index contributed by atoms with van der Waals surface area (Å²) < 4.78 is 39.7. The summed E-state index contributed by atoms with van der Waals surface area (Å²) in [6.45, 7) is 3.77. The number of aromatic nitrogens is 2. The molecule has 1 aromatic heterocycles. The Balaban J connectivity index is 1.53. The van der Waals surface area contributed by atoms with Crippen LogP contribution >= 0.6 is 0 Å². The van der Waals surface area contributed by atoms with Gasteiger partial charge in [-0.3, -0.25) is 4.57 Å². The smallest absolute Gasteiger partial charge is 0.351 e. The number of hydrogen-bond acceptors (Lipinski definition) is 7. The maximum atomic E-state index is 14.3. The van der Waals surface area contributed by atoms with Gasteiger partial charge in [0.05, 0.1) is 13.2 Å². The number of aliphatic hydroxyl groups excluding tert-OH is 2. The van der Waals surface area contributed by atoms with Crippen LogP contribution in [0.2, 0.25) is 0 Å². The minimum absolute atomic E-state index is 0.112. The van der Waals surface area contributed by atoms with E-state index in [0.29, 0.717) is 16.9 Å². The first-order valence-corrected chi connectivity index (χ1v) is 9.44. The Morgan fingerprint density at radius 2 is 2.20 bits per heavy atom. The lowest BCUT2D eigenvalue weighted by molar-refractivity contribution is -0.140. The molecule has 0 aliphatic carbocycles. The lowest BCUT2D eigenvalue weighted by Gasteiger charge is -2.21. The van der Waals surface area contributed by atoms with E-state index in [-0.39, 0.29) is 5.82 Å². The third-order valence-corrected chi connectivity index (χ3v) is 5.18. The number of anilines is 1. The molecular weight excluding hydrogens is 400 g/mol. The number of fused-ring (bicyclic) bond motifs is 1. The van der Waals surface area contributed by atoms with Gasteiger partial charge in [-0.2, -0.15) is 13.8 Å². The summed E-state index contributed by atoms with van der Waals surface area (Å²) in [7, 11) is 0. The van der Waals surface area contributed by atoms with Crippen LogP contribution in [-0.2, 0) is 11.2 Å². The number of nitrogens with one attached hydrogen (secondary N) is 1. The average Bonchev–Trinajstić information content (AvgIpc) is 2.96. The molecule has 30 heavy (non-hydrogen) atoms. The maximum Gasteiger partial charge on any atom is 0.351 e. The summed E-state index contributed by atoms with van der Waals surface area (Å²) in [5, 5.41) is 21.6. The third kappa shape index (κ3) is 3.57. The number of hydrogen-bond donors (Lipinski definition) is 3. The summed E-state index contributed by atoms with van der Waals surface area (Å²) in [5.41, 5.74) is 1.30. The molecule has 0 spiro atoms. The molecule has 10 heteroatoms. The Morgan fingerprint density at radius 3 is 2.90 bits per heavy atom. The van der Waals surface area contributed by atoms with E-state index in [1.165, 1.54) is 6.07 Å². The third-order valence-electron chi connectivity index (χ3n) is 5.18. The zero-order valence-electron chi connectivity index (χ0n) is 15.9. The number of rotatable bonds is 5. The number of nitrogens with zero attached hydrogens (tertiary/aromatic N) is 2. The standard InChI is InChI=1S/C20H21F2N3O5/c1-11(13-5-4-12-3-2-8-29-14(12)9-13)23-16-6-7-25(19(28)24-16)18-20(21,22)17(27)15(10-26)30-18/h4-7,9,15,17-18,26-27H,1-3,8,10H2,(H,23,24,28)/t15-,17-,18?/m1/s1. The van der Waals surface area contributed by atoms with E-state index in [4.69, 9.17) is 14.6 Å². The second-order valence-electron chi connectivity index (χ2n) is 7.21. The van der Waals surface area contributed by atoms with Crippen molar-refractivity contribution in [1.29, 1.82) is 0 Å². The SMILES string of the molecule is C=C(Nc1ccn(C2O[C@H](CO)[C@@H](O)C2(F)F)c(=O)n1)c1ccc2c(c1)OCCC2. The fourth-order valence-electron chi connectivity index (χ4n) is 3.53. The Hall–Kier alpha value is -2.82. The van der Waals surface area contributed by atoms with Gasteiger partial charge in [0.15, 0.2) is 6.10 Å². The van der Waals surface area contributed by atoms with E-state index in [9.17, 15) is 18.7 Å². The van der Waals surface area contributed by atoms with Crippen molar-refractivity contribution in [2.24, 2.45) is 0 Å². The first-order chi connectivity index (χ1) is 14.3. The van der Waals surface area contributed by atoms with E-state index in [1.54, 1.807) is 0 Å². The van der Waals surface area contributed by atoms with Crippen LogP contribution in [0, 0.1) is 0 Å². The molecule has 0 bridgehead atoms. The molecule has 1 fully saturated rings. The predicted molar refractivity (Wildman–Crippen MR) is 103 cm³/mol. The minimum atomic E-state index is -3.76. The molecule has 0 radical (unpaired) electrons. The molecule has 8 nitrogen and oxygen atoms in total. The topological polar surface area (TPSA) is 106 Å². The molecule has 1 aromatic carbocycles. The average molecular weight is 421 g/mol. The highest BCUT2D eigenvalue weighted by Gasteiger charge is 2.59. The summed E-state index contributed by atoms with van der Waals surface area (Å²) in [4.78, 5) is 16.1. The van der Waals surface area contributed by atoms with Crippen LogP contribution in [0.1, 0.15) is 23.8 Å². The van der Waals surface area contributed by atoms with Crippen molar-refractivity contribution in [2.75, 3.05) is 18.5 Å². The van der Waals surface area contributed by atoms with Crippen molar-refractivity contribution in [2.45, 2.75) is 37.2 Å². The van der Waals surface area contributed by atoms with Crippen LogP contribution in [0.3, 0.4) is 0 Å². The second kappa shape index (κ2) is 7.78. The van der Waals surface area contributed by atoms with E-state index in [0.717, 1.165) is 35.9 Å². The van der Waals surface area contributed by atoms with Crippen LogP contribution in [0.25, 0.3) is 5.70 Å². The van der Waals surface area contributed by atoms with Crippen molar-refractivity contribution in [3.8, 4) is 5.75 Å². The molecule has 4 rings (SSSR count). The second-order valence-corrected chi connectivity index (χ2v) is 7.21. The summed E-state index contributed by atoms with van der Waals surface area (Å²) in [6.07, 6.45) is -2.81. The number of halogens is 2. The Bertz CT molecular complexity index is 1030. The highest BCUT2D eigenvalue weighted by Crippen LogP contribution is 2.42. The predicted octanol–water partition coefficient (Wildman–Crippen LogP) is 1.54. The number of ether oxygens (including phenoxy) is 2. The van der Waals surface area contributed by atoms with Crippen molar-refractivity contribution < 1.29 is 28.5 Å². The first-order valence-electron chi connectivity index (χ1n) is 9.44. The molecule has 1 unspecified atom stereocenters. The minimum Gasteiger partial charge on any atom is -0.493 e. The van der Waals surface area contributed by atoms with Gasteiger partial charge < -0.3 is 25.0 Å². The summed E-state index contributed by atoms with van der Waals surface area (Å²) >= 11 is 0. The molecule has 3 atom stereocenters. The molecule has 2 aliphatic heterocycles. The van der Waals surface area contributed by atoms with Gasteiger partial charge in [-0.25, -0.2) is 4.79 Å². The van der Waals surface area contributed by atoms with E-state index in [2.05, 4.69) is 16.9 Å². The van der Waals surface area contributed by atoms with Gasteiger partial charge in [0.2, 0.25) is 6.23 Å². The van der Waals surface area contributed by atoms with Gasteiger partial charge in [0, 0.05) is 17.5 Å². The fraction of sp³-hybridized carbons (Fsp3) is 0.400. The highest BCUT2D eigenvalue weighted by atomic mass is 19.3. The lowest BCUT2D eigenvalue weighted by Crippen LogP contribution is -2.41. The molecule has 3 heterocycles. The Labute approximate surface area is 170 Å². The number of aliphatic hydroxyl groups is 2. The van der Waals surface area contributed by atoms with E-state index in [1.807, 2.05) is 18.2 Å². The van der Waals surface area contributed by atoms with Crippen molar-refractivity contribution >= 4 is 11.5 Å². The van der Waals surface area contributed by atoms with Gasteiger partial charge in [-0.1, -0.05) is 18.7 Å². The van der Waals surface area contributed by atoms with Crippen LogP contribution < -0.4 is 15.7 Å². The number of alkyl halides is 2. The van der Waals surface area contributed by atoms with Crippen molar-refractivity contribution in [3.05, 3.63) is 58.7 Å². The summed E-state index contributed by atoms with van der Waals surface area (Å²) in [5.74, 6) is -2.87. The van der Waals surface area contributed by atoms with Gasteiger partial charge in [-0.15, -0.1) is 0 Å². The number of aryl methyl sites for hydroxylation is 1. The lowest BCUT2D eigenvalue weighted by atomic mass is 10.0. The maximum absolute atomic E-state index is 14.3. The zero-order valence-corrected chi connectivity index (χ0v) is 15.9. The molecule has 2 aliphatic rings. The molecule has 0 saturated carbocycles. The molecular formula is C20H21F2N3O5. The number of benzene rings is 1. The van der Waals surface area contributed by atoms with E-state index >= 15 is 0 Å². The molecule has 0 amide bonds. The quantitative estimate of drug-likeness (QED) is 0.673. The van der Waals surface area contributed by atoms with Gasteiger partial charge >= 0.3 is 11.6 Å². The van der Waals surface area contributed by atoms with Crippen LogP contribution in [0.4, 0.5) is 14.6 Å². The molecule has 160 valence electrons. The molecule has 2 aromatic rings. The largest absolute Gasteiger partial charge is 0.493 e. The van der Waals surface area contributed by atoms with Crippen molar-refractivity contribution in [3.63, 3.8) is 0 Å². The van der Waals surface area contributed by atoms with Gasteiger partial charge in [0.25, 0.3) is 0 Å². The fourth-order valence-corrected chi connectivity index (χ4v) is 3.53. The van der Waals surface area contributed by atoms with Gasteiger partial charge in [-0.05, 0) is 30.5 Å². The highest BCUT2D eigenvalue weighted by molar-refractivity contribution is 5.74. The van der Waals surface area contributed by atoms with Crippen LogP contribution in [0.5, 0.6) is 5.75 Å². The molecule has 3 N–H and O–H groups in total. The van der Waals surface area contributed by atoms with Crippen LogP contribution in [0.15, 0.2) is 41.8 Å². The first kappa shape index (κ1) is 20.5.